The fourth-order valence-electron chi connectivity index (χ4n) is 3.05. The van der Waals surface area contributed by atoms with Crippen molar-refractivity contribution in [2.75, 3.05) is 13.1 Å². The molecule has 0 unspecified atom stereocenters. The molecule has 0 N–H and O–H groups in total. The Morgan fingerprint density at radius 2 is 2.14 bits per heavy atom. The minimum atomic E-state index is 0.722. The Labute approximate surface area is 126 Å². The predicted molar refractivity (Wildman–Crippen MR) is 82.7 cm³/mol. The topological polar surface area (TPSA) is 41.9 Å². The first-order valence-corrected chi connectivity index (χ1v) is 7.68. The van der Waals surface area contributed by atoms with Crippen LogP contribution < -0.4 is 0 Å². The molecule has 0 amide bonds. The molecule has 3 heterocycles. The quantitative estimate of drug-likeness (QED) is 0.864. The molecule has 1 fully saturated rings. The van der Waals surface area contributed by atoms with Crippen LogP contribution in [0.3, 0.4) is 0 Å². The number of aryl methyl sites for hydroxylation is 1. The minimum Gasteiger partial charge on any atom is -0.297 e. The van der Waals surface area contributed by atoms with E-state index in [2.05, 4.69) is 32.0 Å². The zero-order valence-corrected chi connectivity index (χ0v) is 12.6. The van der Waals surface area contributed by atoms with Crippen molar-refractivity contribution in [3.8, 4) is 0 Å². The van der Waals surface area contributed by atoms with E-state index < -0.39 is 0 Å². The van der Waals surface area contributed by atoms with Crippen LogP contribution in [0.1, 0.15) is 29.8 Å². The Bertz CT molecular complexity index is 553. The van der Waals surface area contributed by atoms with Crippen molar-refractivity contribution in [2.24, 2.45) is 5.92 Å². The molecule has 0 aliphatic carbocycles. The van der Waals surface area contributed by atoms with Gasteiger partial charge in [0, 0.05) is 43.6 Å². The Kier molecular flexibility index (Phi) is 4.55. The molecule has 1 aliphatic rings. The van der Waals surface area contributed by atoms with Gasteiger partial charge in [-0.05, 0) is 50.3 Å². The van der Waals surface area contributed by atoms with E-state index in [-0.39, 0.29) is 0 Å². The van der Waals surface area contributed by atoms with Gasteiger partial charge in [0.15, 0.2) is 0 Å². The maximum absolute atomic E-state index is 4.40. The highest BCUT2D eigenvalue weighted by atomic mass is 15.1. The van der Waals surface area contributed by atoms with E-state index in [9.17, 15) is 0 Å². The second kappa shape index (κ2) is 6.76. The highest BCUT2D eigenvalue weighted by molar-refractivity contribution is 5.14. The summed E-state index contributed by atoms with van der Waals surface area (Å²) in [6, 6.07) is 4.32. The van der Waals surface area contributed by atoms with Crippen LogP contribution >= 0.6 is 0 Å². The molecule has 0 aromatic carbocycles. The average molecular weight is 282 g/mol. The molecule has 0 bridgehead atoms. The van der Waals surface area contributed by atoms with Crippen molar-refractivity contribution in [1.29, 1.82) is 0 Å². The van der Waals surface area contributed by atoms with Gasteiger partial charge < -0.3 is 0 Å². The van der Waals surface area contributed by atoms with Crippen molar-refractivity contribution >= 4 is 0 Å². The zero-order valence-electron chi connectivity index (χ0n) is 12.6. The Balaban J connectivity index is 1.57. The van der Waals surface area contributed by atoms with E-state index in [1.165, 1.54) is 24.9 Å². The number of aromatic nitrogens is 3. The molecule has 0 radical (unpaired) electrons. The number of pyridine rings is 1. The van der Waals surface area contributed by atoms with E-state index >= 15 is 0 Å². The second-order valence-electron chi connectivity index (χ2n) is 5.95. The first-order valence-electron chi connectivity index (χ1n) is 7.68. The molecular weight excluding hydrogens is 260 g/mol. The monoisotopic (exact) mass is 282 g/mol. The van der Waals surface area contributed by atoms with E-state index in [0.717, 1.165) is 36.8 Å². The van der Waals surface area contributed by atoms with Gasteiger partial charge in [0.25, 0.3) is 0 Å². The van der Waals surface area contributed by atoms with Crippen LogP contribution in [-0.4, -0.2) is 32.9 Å². The van der Waals surface area contributed by atoms with Crippen molar-refractivity contribution < 1.29 is 0 Å². The molecule has 2 aromatic heterocycles. The van der Waals surface area contributed by atoms with Gasteiger partial charge in [0.05, 0.1) is 5.69 Å². The lowest BCUT2D eigenvalue weighted by Gasteiger charge is -2.32. The number of piperidine rings is 1. The summed E-state index contributed by atoms with van der Waals surface area (Å²) in [7, 11) is 0. The summed E-state index contributed by atoms with van der Waals surface area (Å²) < 4.78 is 0. The van der Waals surface area contributed by atoms with Gasteiger partial charge in [-0.15, -0.1) is 0 Å². The van der Waals surface area contributed by atoms with E-state index in [4.69, 9.17) is 0 Å². The van der Waals surface area contributed by atoms with Gasteiger partial charge in [-0.1, -0.05) is 6.07 Å². The molecule has 4 nitrogen and oxygen atoms in total. The second-order valence-corrected chi connectivity index (χ2v) is 5.95. The molecular formula is C17H22N4. The fraction of sp³-hybridized carbons (Fsp3) is 0.471. The summed E-state index contributed by atoms with van der Waals surface area (Å²) >= 11 is 0. The number of hydrogen-bond donors (Lipinski definition) is 0. The zero-order chi connectivity index (χ0) is 14.5. The summed E-state index contributed by atoms with van der Waals surface area (Å²) in [6.45, 7) is 5.26. The highest BCUT2D eigenvalue weighted by Crippen LogP contribution is 2.21. The van der Waals surface area contributed by atoms with Crippen LogP contribution in [0.4, 0.5) is 0 Å². The molecule has 4 heteroatoms. The number of likely N-dealkylation sites (tertiary alicyclic amines) is 1. The van der Waals surface area contributed by atoms with Gasteiger partial charge in [-0.25, -0.2) is 0 Å². The van der Waals surface area contributed by atoms with Gasteiger partial charge >= 0.3 is 0 Å². The Hall–Kier alpha value is -1.81. The third-order valence-corrected chi connectivity index (χ3v) is 4.10. The first-order chi connectivity index (χ1) is 10.3. The number of rotatable bonds is 4. The third kappa shape index (κ3) is 4.08. The third-order valence-electron chi connectivity index (χ3n) is 4.10. The number of hydrogen-bond acceptors (Lipinski definition) is 4. The minimum absolute atomic E-state index is 0.722. The van der Waals surface area contributed by atoms with Gasteiger partial charge in [-0.2, -0.15) is 0 Å². The predicted octanol–water partition coefficient (Wildman–Crippen LogP) is 2.63. The smallest absolute Gasteiger partial charge is 0.0726 e. The summed E-state index contributed by atoms with van der Waals surface area (Å²) in [5.41, 5.74) is 3.51. The van der Waals surface area contributed by atoms with Crippen molar-refractivity contribution in [3.05, 3.63) is 53.9 Å². The molecule has 2 aromatic rings. The lowest BCUT2D eigenvalue weighted by molar-refractivity contribution is 0.165. The molecule has 21 heavy (non-hydrogen) atoms. The Morgan fingerprint density at radius 3 is 2.90 bits per heavy atom. The van der Waals surface area contributed by atoms with Crippen LogP contribution in [0.2, 0.25) is 0 Å². The van der Waals surface area contributed by atoms with E-state index in [1.54, 1.807) is 12.4 Å². The largest absolute Gasteiger partial charge is 0.297 e. The summed E-state index contributed by atoms with van der Waals surface area (Å²) in [6.07, 6.45) is 11.1. The standard InChI is InChI=1S/C17H22N4/c1-14-4-5-15(10-20-14)9-16-3-2-8-21(12-16)13-17-11-18-6-7-19-17/h4-7,10-11,16H,2-3,8-9,12-13H2,1H3/t16-/m1/s1. The first kappa shape index (κ1) is 14.1. The van der Waals surface area contributed by atoms with Gasteiger partial charge in [0.2, 0.25) is 0 Å². The van der Waals surface area contributed by atoms with Crippen LogP contribution in [0.5, 0.6) is 0 Å². The van der Waals surface area contributed by atoms with Crippen molar-refractivity contribution in [3.63, 3.8) is 0 Å². The normalized spacial score (nSPS) is 19.6. The highest BCUT2D eigenvalue weighted by Gasteiger charge is 2.20. The van der Waals surface area contributed by atoms with Crippen LogP contribution in [-0.2, 0) is 13.0 Å². The Morgan fingerprint density at radius 1 is 1.19 bits per heavy atom. The van der Waals surface area contributed by atoms with Gasteiger partial charge in [-0.3, -0.25) is 19.9 Å². The molecule has 1 saturated heterocycles. The van der Waals surface area contributed by atoms with E-state index in [1.807, 2.05) is 19.3 Å². The number of nitrogens with zero attached hydrogens (tertiary/aromatic N) is 4. The maximum atomic E-state index is 4.40. The molecule has 1 atom stereocenters. The molecule has 0 saturated carbocycles. The van der Waals surface area contributed by atoms with Crippen molar-refractivity contribution in [2.45, 2.75) is 32.7 Å². The average Bonchev–Trinajstić information content (AvgIpc) is 2.51. The van der Waals surface area contributed by atoms with Crippen LogP contribution in [0, 0.1) is 12.8 Å². The summed E-state index contributed by atoms with van der Waals surface area (Å²) in [5, 5.41) is 0. The summed E-state index contributed by atoms with van der Waals surface area (Å²) in [4.78, 5) is 15.4. The molecule has 3 rings (SSSR count). The fourth-order valence-corrected chi connectivity index (χ4v) is 3.05. The maximum Gasteiger partial charge on any atom is 0.0726 e. The van der Waals surface area contributed by atoms with Crippen LogP contribution in [0.25, 0.3) is 0 Å². The lowest BCUT2D eigenvalue weighted by atomic mass is 9.92. The molecule has 0 spiro atoms. The lowest BCUT2D eigenvalue weighted by Crippen LogP contribution is -2.36. The molecule has 110 valence electrons. The van der Waals surface area contributed by atoms with E-state index in [0.29, 0.717) is 0 Å². The van der Waals surface area contributed by atoms with Crippen molar-refractivity contribution in [1.82, 2.24) is 19.9 Å². The summed E-state index contributed by atoms with van der Waals surface area (Å²) in [5.74, 6) is 0.722. The molecule has 1 aliphatic heterocycles. The van der Waals surface area contributed by atoms with Crippen LogP contribution in [0.15, 0.2) is 36.9 Å². The SMILES string of the molecule is Cc1ccc(C[C@H]2CCCN(Cc3cnccn3)C2)cn1. The van der Waals surface area contributed by atoms with Gasteiger partial charge in [0.1, 0.15) is 0 Å².